The molecule has 0 saturated carbocycles. The Morgan fingerprint density at radius 2 is 1.75 bits per heavy atom. The largest absolute Gasteiger partial charge is 0.354 e. The van der Waals surface area contributed by atoms with Crippen LogP contribution in [0.3, 0.4) is 0 Å². The van der Waals surface area contributed by atoms with Gasteiger partial charge in [-0.2, -0.15) is 5.26 Å². The zero-order valence-corrected chi connectivity index (χ0v) is 9.88. The van der Waals surface area contributed by atoms with E-state index in [0.29, 0.717) is 13.1 Å². The molecule has 0 aromatic carbocycles. The van der Waals surface area contributed by atoms with E-state index in [1.54, 1.807) is 6.07 Å². The number of nitrogens with zero attached hydrogens (tertiary/aromatic N) is 1. The van der Waals surface area contributed by atoms with Crippen LogP contribution in [0.4, 0.5) is 0 Å². The molecule has 0 rings (SSSR count). The Kier molecular flexibility index (Phi) is 7.86. The molecule has 2 amide bonds. The maximum absolute atomic E-state index is 11.5. The molecule has 0 saturated heterocycles. The van der Waals surface area contributed by atoms with Gasteiger partial charge in [0.25, 0.3) is 0 Å². The Labute approximate surface area is 96.2 Å². The zero-order valence-electron chi connectivity index (χ0n) is 9.88. The molecule has 16 heavy (non-hydrogen) atoms. The van der Waals surface area contributed by atoms with Gasteiger partial charge in [0.15, 0.2) is 0 Å². The van der Waals surface area contributed by atoms with Crippen LogP contribution < -0.4 is 10.6 Å². The first kappa shape index (κ1) is 14.4. The number of nitrogens with one attached hydrogen (secondary N) is 2. The maximum Gasteiger partial charge on any atom is 0.234 e. The van der Waals surface area contributed by atoms with E-state index in [1.165, 1.54) is 0 Å². The number of hydrogen-bond acceptors (Lipinski definition) is 3. The summed E-state index contributed by atoms with van der Waals surface area (Å²) >= 11 is 0. The first-order valence-corrected chi connectivity index (χ1v) is 5.57. The number of carbonyl (C=O) groups is 2. The van der Waals surface area contributed by atoms with E-state index in [0.717, 1.165) is 12.8 Å². The fraction of sp³-hybridized carbons (Fsp3) is 0.727. The third kappa shape index (κ3) is 6.02. The van der Waals surface area contributed by atoms with Crippen molar-refractivity contribution in [3.63, 3.8) is 0 Å². The second-order valence-corrected chi connectivity index (χ2v) is 3.49. The van der Waals surface area contributed by atoms with Gasteiger partial charge in [0.05, 0.1) is 6.07 Å². The summed E-state index contributed by atoms with van der Waals surface area (Å²) in [4.78, 5) is 22.4. The Morgan fingerprint density at radius 3 is 2.25 bits per heavy atom. The van der Waals surface area contributed by atoms with Gasteiger partial charge >= 0.3 is 0 Å². The first-order chi connectivity index (χ1) is 7.65. The summed E-state index contributed by atoms with van der Waals surface area (Å²) in [5, 5.41) is 13.5. The fourth-order valence-corrected chi connectivity index (χ4v) is 1.33. The van der Waals surface area contributed by atoms with Crippen LogP contribution in [-0.4, -0.2) is 24.9 Å². The van der Waals surface area contributed by atoms with Crippen molar-refractivity contribution in [3.8, 4) is 6.07 Å². The lowest BCUT2D eigenvalue weighted by atomic mass is 10.0. The van der Waals surface area contributed by atoms with Gasteiger partial charge in [0, 0.05) is 19.0 Å². The summed E-state index contributed by atoms with van der Waals surface area (Å²) in [5.74, 6) is -0.228. The van der Waals surface area contributed by atoms with Crippen LogP contribution in [0.5, 0.6) is 0 Å². The van der Waals surface area contributed by atoms with Crippen LogP contribution in [0.15, 0.2) is 0 Å². The van der Waals surface area contributed by atoms with Crippen molar-refractivity contribution in [2.75, 3.05) is 13.1 Å². The molecule has 0 aliphatic rings. The van der Waals surface area contributed by atoms with Crippen molar-refractivity contribution < 1.29 is 9.59 Å². The molecule has 5 heteroatoms. The van der Waals surface area contributed by atoms with E-state index < -0.39 is 0 Å². The lowest BCUT2D eigenvalue weighted by Gasteiger charge is -2.12. The minimum atomic E-state index is -0.306. The maximum atomic E-state index is 11.5. The Morgan fingerprint density at radius 1 is 1.19 bits per heavy atom. The number of amides is 2. The van der Waals surface area contributed by atoms with Crippen LogP contribution in [0.2, 0.25) is 0 Å². The predicted octanol–water partition coefficient (Wildman–Crippen LogP) is 0.569. The molecule has 0 unspecified atom stereocenters. The van der Waals surface area contributed by atoms with Gasteiger partial charge in [-0.15, -0.1) is 0 Å². The normalized spacial score (nSPS) is 9.62. The Hall–Kier alpha value is -1.57. The average Bonchev–Trinajstić information content (AvgIpc) is 2.26. The molecular weight excluding hydrogens is 206 g/mol. The molecule has 0 atom stereocenters. The quantitative estimate of drug-likeness (QED) is 0.621. The third-order valence-corrected chi connectivity index (χ3v) is 2.34. The predicted molar refractivity (Wildman–Crippen MR) is 60.3 cm³/mol. The van der Waals surface area contributed by atoms with Crippen molar-refractivity contribution in [2.45, 2.75) is 33.1 Å². The summed E-state index contributed by atoms with van der Waals surface area (Å²) in [7, 11) is 0. The Bertz CT molecular complexity index is 267. The highest BCUT2D eigenvalue weighted by Crippen LogP contribution is 2.06. The fourth-order valence-electron chi connectivity index (χ4n) is 1.33. The summed E-state index contributed by atoms with van der Waals surface area (Å²) in [6, 6.07) is 1.75. The van der Waals surface area contributed by atoms with Crippen molar-refractivity contribution >= 4 is 11.8 Å². The van der Waals surface area contributed by atoms with Gasteiger partial charge in [-0.1, -0.05) is 13.8 Å². The number of carbonyl (C=O) groups excluding carboxylic acids is 2. The summed E-state index contributed by atoms with van der Waals surface area (Å²) in [6.45, 7) is 4.73. The molecule has 0 aliphatic heterocycles. The van der Waals surface area contributed by atoms with E-state index in [2.05, 4.69) is 10.6 Å². The standard InChI is InChI=1S/C11H19N3O2/c1-3-9(4-2)11(16)14-8-7-13-10(15)5-6-12/h9H,3-5,7-8H2,1-2H3,(H,13,15)(H,14,16). The molecule has 0 aliphatic carbocycles. The molecule has 0 radical (unpaired) electrons. The highest BCUT2D eigenvalue weighted by molar-refractivity contribution is 5.79. The zero-order chi connectivity index (χ0) is 12.4. The van der Waals surface area contributed by atoms with Gasteiger partial charge in [-0.3, -0.25) is 9.59 Å². The summed E-state index contributed by atoms with van der Waals surface area (Å²) < 4.78 is 0. The average molecular weight is 225 g/mol. The molecular formula is C11H19N3O2. The van der Waals surface area contributed by atoms with Crippen LogP contribution in [0.1, 0.15) is 33.1 Å². The van der Waals surface area contributed by atoms with Gasteiger partial charge in [0.1, 0.15) is 6.42 Å². The molecule has 5 nitrogen and oxygen atoms in total. The van der Waals surface area contributed by atoms with Crippen LogP contribution in [0, 0.1) is 17.2 Å². The second-order valence-electron chi connectivity index (χ2n) is 3.49. The van der Waals surface area contributed by atoms with Crippen LogP contribution in [-0.2, 0) is 9.59 Å². The van der Waals surface area contributed by atoms with E-state index in [-0.39, 0.29) is 24.2 Å². The molecule has 2 N–H and O–H groups in total. The van der Waals surface area contributed by atoms with Gasteiger partial charge < -0.3 is 10.6 Å². The number of rotatable bonds is 7. The molecule has 0 aromatic heterocycles. The first-order valence-electron chi connectivity index (χ1n) is 5.57. The highest BCUT2D eigenvalue weighted by atomic mass is 16.2. The van der Waals surface area contributed by atoms with Gasteiger partial charge in [-0.05, 0) is 12.8 Å². The third-order valence-electron chi connectivity index (χ3n) is 2.34. The van der Waals surface area contributed by atoms with E-state index in [4.69, 9.17) is 5.26 Å². The lowest BCUT2D eigenvalue weighted by Crippen LogP contribution is -2.37. The molecule has 0 aromatic rings. The van der Waals surface area contributed by atoms with Crippen molar-refractivity contribution in [2.24, 2.45) is 5.92 Å². The summed E-state index contributed by atoms with van der Waals surface area (Å²) in [6.07, 6.45) is 1.51. The van der Waals surface area contributed by atoms with Crippen molar-refractivity contribution in [3.05, 3.63) is 0 Å². The minimum absolute atomic E-state index is 0.0273. The van der Waals surface area contributed by atoms with Gasteiger partial charge in [0.2, 0.25) is 11.8 Å². The van der Waals surface area contributed by atoms with Gasteiger partial charge in [-0.25, -0.2) is 0 Å². The summed E-state index contributed by atoms with van der Waals surface area (Å²) in [5.41, 5.74) is 0. The highest BCUT2D eigenvalue weighted by Gasteiger charge is 2.12. The van der Waals surface area contributed by atoms with Crippen LogP contribution >= 0.6 is 0 Å². The van der Waals surface area contributed by atoms with Crippen molar-refractivity contribution in [1.29, 1.82) is 5.26 Å². The molecule has 0 fully saturated rings. The van der Waals surface area contributed by atoms with Crippen LogP contribution in [0.25, 0.3) is 0 Å². The molecule has 90 valence electrons. The number of nitriles is 1. The smallest absolute Gasteiger partial charge is 0.234 e. The van der Waals surface area contributed by atoms with E-state index >= 15 is 0 Å². The Balaban J connectivity index is 3.63. The molecule has 0 heterocycles. The molecule has 0 bridgehead atoms. The lowest BCUT2D eigenvalue weighted by molar-refractivity contribution is -0.125. The minimum Gasteiger partial charge on any atom is -0.354 e. The number of hydrogen-bond donors (Lipinski definition) is 2. The topological polar surface area (TPSA) is 82.0 Å². The second kappa shape index (κ2) is 8.72. The SMILES string of the molecule is CCC(CC)C(=O)NCCNC(=O)CC#N. The van der Waals surface area contributed by atoms with Crippen molar-refractivity contribution in [1.82, 2.24) is 10.6 Å². The monoisotopic (exact) mass is 225 g/mol. The van der Waals surface area contributed by atoms with E-state index in [1.807, 2.05) is 13.8 Å². The van der Waals surface area contributed by atoms with E-state index in [9.17, 15) is 9.59 Å². The molecule has 0 spiro atoms.